The zero-order chi connectivity index (χ0) is 15.9. The molecular weight excluding hydrogens is 302 g/mol. The lowest BCUT2D eigenvalue weighted by atomic mass is 10.3. The van der Waals surface area contributed by atoms with Crippen LogP contribution in [-0.4, -0.2) is 25.1 Å². The van der Waals surface area contributed by atoms with Gasteiger partial charge in [0, 0.05) is 28.9 Å². The van der Waals surface area contributed by atoms with Crippen LogP contribution in [-0.2, 0) is 11.3 Å². The van der Waals surface area contributed by atoms with E-state index in [1.54, 1.807) is 22.9 Å². The van der Waals surface area contributed by atoms with E-state index in [1.807, 2.05) is 12.3 Å². The van der Waals surface area contributed by atoms with E-state index < -0.39 is 0 Å². The summed E-state index contributed by atoms with van der Waals surface area (Å²) in [5, 5.41) is 8.88. The second kappa shape index (κ2) is 5.38. The fourth-order valence-electron chi connectivity index (χ4n) is 2.29. The Bertz CT molecular complexity index is 895. The number of hydrogen-bond acceptors (Lipinski definition) is 5. The van der Waals surface area contributed by atoms with E-state index in [0.717, 1.165) is 22.0 Å². The van der Waals surface area contributed by atoms with Crippen molar-refractivity contribution in [3.05, 3.63) is 44.8 Å². The normalized spacial score (nSPS) is 11.0. The van der Waals surface area contributed by atoms with E-state index >= 15 is 0 Å². The van der Waals surface area contributed by atoms with Crippen molar-refractivity contribution in [2.75, 3.05) is 5.32 Å². The van der Waals surface area contributed by atoms with E-state index in [1.165, 1.54) is 23.5 Å². The predicted molar refractivity (Wildman–Crippen MR) is 84.4 cm³/mol. The molecule has 0 bridgehead atoms. The van der Waals surface area contributed by atoms with Gasteiger partial charge in [-0.15, -0.1) is 16.4 Å². The van der Waals surface area contributed by atoms with Gasteiger partial charge >= 0.3 is 0 Å². The first kappa shape index (κ1) is 14.5. The molecule has 0 aliphatic carbocycles. The molecule has 3 rings (SSSR count). The number of nitrogens with one attached hydrogen (secondary N) is 1. The molecule has 0 aliphatic heterocycles. The van der Waals surface area contributed by atoms with Crippen LogP contribution in [0.3, 0.4) is 0 Å². The number of aryl methyl sites for hydroxylation is 3. The van der Waals surface area contributed by atoms with Crippen molar-refractivity contribution in [2.45, 2.75) is 27.3 Å². The first-order chi connectivity index (χ1) is 10.4. The van der Waals surface area contributed by atoms with Crippen molar-refractivity contribution in [3.63, 3.8) is 0 Å². The van der Waals surface area contributed by atoms with E-state index in [2.05, 4.69) is 15.4 Å². The summed E-state index contributed by atoms with van der Waals surface area (Å²) in [5.74, 6) is 0.0575. The Labute approximate surface area is 130 Å². The zero-order valence-corrected chi connectivity index (χ0v) is 13.3. The van der Waals surface area contributed by atoms with Gasteiger partial charge < -0.3 is 4.57 Å². The monoisotopic (exact) mass is 317 g/mol. The molecule has 3 heterocycles. The zero-order valence-electron chi connectivity index (χ0n) is 12.5. The third-order valence-corrected chi connectivity index (χ3v) is 4.29. The molecule has 3 aromatic rings. The summed E-state index contributed by atoms with van der Waals surface area (Å²) in [5.41, 5.74) is 2.41. The second-order valence-corrected chi connectivity index (χ2v) is 5.95. The van der Waals surface area contributed by atoms with Crippen molar-refractivity contribution in [3.8, 4) is 0 Å². The van der Waals surface area contributed by atoms with Gasteiger partial charge in [0.25, 0.3) is 0 Å². The van der Waals surface area contributed by atoms with Gasteiger partial charge in [-0.05, 0) is 20.8 Å². The number of rotatable bonds is 3. The Morgan fingerprint density at radius 2 is 1.91 bits per heavy atom. The molecule has 0 radical (unpaired) electrons. The highest BCUT2D eigenvalue weighted by Gasteiger charge is 2.12. The average Bonchev–Trinajstić information content (AvgIpc) is 2.96. The molecule has 0 aromatic carbocycles. The van der Waals surface area contributed by atoms with Crippen LogP contribution in [0.25, 0.3) is 4.96 Å². The minimum absolute atomic E-state index is 0.0573. The van der Waals surface area contributed by atoms with Gasteiger partial charge in [-0.25, -0.2) is 4.52 Å². The van der Waals surface area contributed by atoms with Crippen LogP contribution in [0.4, 0.5) is 5.95 Å². The summed E-state index contributed by atoms with van der Waals surface area (Å²) in [6.45, 7) is 5.65. The van der Waals surface area contributed by atoms with Gasteiger partial charge in [0.1, 0.15) is 6.54 Å². The molecule has 0 aliphatic rings. The summed E-state index contributed by atoms with van der Waals surface area (Å²) >= 11 is 1.47. The van der Waals surface area contributed by atoms with Gasteiger partial charge in [0.15, 0.2) is 5.43 Å². The lowest BCUT2D eigenvalue weighted by Crippen LogP contribution is -2.23. The number of nitrogens with zero attached hydrogens (tertiary/aromatic N) is 4. The van der Waals surface area contributed by atoms with E-state index in [-0.39, 0.29) is 23.8 Å². The molecule has 0 spiro atoms. The Hall–Kier alpha value is -2.48. The highest BCUT2D eigenvalue weighted by Crippen LogP contribution is 2.15. The number of thiazole rings is 1. The van der Waals surface area contributed by atoms with Gasteiger partial charge in [-0.1, -0.05) is 0 Å². The molecule has 0 atom stereocenters. The van der Waals surface area contributed by atoms with Gasteiger partial charge in [-0.2, -0.15) is 4.98 Å². The summed E-state index contributed by atoms with van der Waals surface area (Å²) in [7, 11) is 0. The van der Waals surface area contributed by atoms with Gasteiger partial charge in [0.05, 0.1) is 5.69 Å². The topological polar surface area (TPSA) is 81.3 Å². The SMILES string of the molecule is Cc1cc(=O)cc(C)n1CC(=O)Nc1nc2scc(C)n2n1. The molecule has 0 fully saturated rings. The molecule has 0 saturated heterocycles. The van der Waals surface area contributed by atoms with Crippen molar-refractivity contribution in [1.82, 2.24) is 19.2 Å². The van der Waals surface area contributed by atoms with Crippen LogP contribution in [0.2, 0.25) is 0 Å². The number of carbonyl (C=O) groups excluding carboxylic acids is 1. The summed E-state index contributed by atoms with van der Waals surface area (Å²) in [4.78, 5) is 28.6. The minimum atomic E-state index is -0.231. The maximum atomic E-state index is 12.2. The van der Waals surface area contributed by atoms with E-state index in [4.69, 9.17) is 0 Å². The Balaban J connectivity index is 1.79. The largest absolute Gasteiger partial charge is 0.340 e. The molecule has 0 unspecified atom stereocenters. The number of anilines is 1. The van der Waals surface area contributed by atoms with Gasteiger partial charge in [0.2, 0.25) is 16.8 Å². The standard InChI is InChI=1S/C14H15N5O2S/c1-8-4-11(20)5-9(2)18(8)6-12(21)15-13-16-14-19(17-13)10(3)7-22-14/h4-5,7H,6H2,1-3H3,(H,15,17,21). The van der Waals surface area contributed by atoms with Crippen molar-refractivity contribution in [2.24, 2.45) is 0 Å². The fourth-order valence-corrected chi connectivity index (χ4v) is 3.09. The summed E-state index contributed by atoms with van der Waals surface area (Å²) < 4.78 is 3.47. The van der Waals surface area contributed by atoms with Crippen molar-refractivity contribution >= 4 is 28.2 Å². The summed E-state index contributed by atoms with van der Waals surface area (Å²) in [6, 6.07) is 3.02. The smallest absolute Gasteiger partial charge is 0.250 e. The quantitative estimate of drug-likeness (QED) is 0.794. The van der Waals surface area contributed by atoms with Crippen LogP contribution < -0.4 is 10.7 Å². The highest BCUT2D eigenvalue weighted by atomic mass is 32.1. The van der Waals surface area contributed by atoms with Crippen LogP contribution in [0.1, 0.15) is 17.1 Å². The van der Waals surface area contributed by atoms with Crippen LogP contribution in [0, 0.1) is 20.8 Å². The number of hydrogen-bond donors (Lipinski definition) is 1. The lowest BCUT2D eigenvalue weighted by Gasteiger charge is -2.13. The molecule has 8 heteroatoms. The number of aromatic nitrogens is 4. The second-order valence-electron chi connectivity index (χ2n) is 5.11. The molecule has 7 nitrogen and oxygen atoms in total. The maximum absolute atomic E-state index is 12.2. The number of pyridine rings is 1. The van der Waals surface area contributed by atoms with Crippen molar-refractivity contribution < 1.29 is 4.79 Å². The molecule has 0 saturated carbocycles. The van der Waals surface area contributed by atoms with Crippen molar-refractivity contribution in [1.29, 1.82) is 0 Å². The first-order valence-electron chi connectivity index (χ1n) is 6.73. The molecule has 3 aromatic heterocycles. The van der Waals surface area contributed by atoms with Crippen LogP contribution >= 0.6 is 11.3 Å². The Morgan fingerprint density at radius 3 is 2.55 bits per heavy atom. The highest BCUT2D eigenvalue weighted by molar-refractivity contribution is 7.15. The molecule has 1 N–H and O–H groups in total. The minimum Gasteiger partial charge on any atom is -0.340 e. The number of carbonyl (C=O) groups is 1. The Kier molecular flexibility index (Phi) is 3.53. The number of fused-ring (bicyclic) bond motifs is 1. The van der Waals surface area contributed by atoms with Crippen LogP contribution in [0.5, 0.6) is 0 Å². The molecule has 114 valence electrons. The first-order valence-corrected chi connectivity index (χ1v) is 7.61. The molecule has 22 heavy (non-hydrogen) atoms. The lowest BCUT2D eigenvalue weighted by molar-refractivity contribution is -0.116. The van der Waals surface area contributed by atoms with Crippen LogP contribution in [0.15, 0.2) is 22.3 Å². The van der Waals surface area contributed by atoms with Gasteiger partial charge in [-0.3, -0.25) is 14.9 Å². The average molecular weight is 317 g/mol. The Morgan fingerprint density at radius 1 is 1.23 bits per heavy atom. The maximum Gasteiger partial charge on any atom is 0.250 e. The van der Waals surface area contributed by atoms with E-state index in [0.29, 0.717) is 0 Å². The third-order valence-electron chi connectivity index (χ3n) is 3.35. The fraction of sp³-hybridized carbons (Fsp3) is 0.286. The number of amides is 1. The molecular formula is C14H15N5O2S. The third kappa shape index (κ3) is 2.64. The van der Waals surface area contributed by atoms with E-state index in [9.17, 15) is 9.59 Å². The molecule has 1 amide bonds. The summed E-state index contributed by atoms with van der Waals surface area (Å²) in [6.07, 6.45) is 0. The predicted octanol–water partition coefficient (Wildman–Crippen LogP) is 1.52.